The van der Waals surface area contributed by atoms with Gasteiger partial charge in [-0.3, -0.25) is 0 Å². The van der Waals surface area contributed by atoms with Crippen molar-refractivity contribution in [2.75, 3.05) is 7.11 Å². The van der Waals surface area contributed by atoms with Crippen LogP contribution < -0.4 is 4.74 Å². The minimum absolute atomic E-state index is 0.0143. The largest absolute Gasteiger partial charge is 0.496 e. The number of halogens is 3. The molecule has 1 N–H and O–H groups in total. The van der Waals surface area contributed by atoms with Gasteiger partial charge in [-0.15, -0.1) is 0 Å². The van der Waals surface area contributed by atoms with Crippen LogP contribution in [-0.2, 0) is 6.42 Å². The summed E-state index contributed by atoms with van der Waals surface area (Å²) in [4.78, 5) is 0. The van der Waals surface area contributed by atoms with Gasteiger partial charge in [0.1, 0.15) is 11.6 Å². The monoisotopic (exact) mass is 314 g/mol. The molecule has 0 fully saturated rings. The van der Waals surface area contributed by atoms with Crippen molar-refractivity contribution >= 4 is 23.2 Å². The molecule has 0 aliphatic carbocycles. The molecule has 0 bridgehead atoms. The van der Waals surface area contributed by atoms with E-state index < -0.39 is 11.9 Å². The molecule has 2 aromatic carbocycles. The Morgan fingerprint density at radius 2 is 2.00 bits per heavy atom. The standard InChI is InChI=1S/C15H13Cl2FO2/c1-20-14-6-5-10(16)7-9(14)8-13(19)11-3-2-4-12(17)15(11)18/h2-7,13,19H,8H2,1H3. The molecule has 0 saturated carbocycles. The van der Waals surface area contributed by atoms with Gasteiger partial charge in [-0.05, 0) is 29.8 Å². The lowest BCUT2D eigenvalue weighted by molar-refractivity contribution is 0.172. The summed E-state index contributed by atoms with van der Waals surface area (Å²) in [5.74, 6) is -0.0152. The van der Waals surface area contributed by atoms with Crippen LogP contribution in [0.4, 0.5) is 4.39 Å². The molecule has 1 unspecified atom stereocenters. The number of methoxy groups -OCH3 is 1. The average molecular weight is 315 g/mol. The second kappa shape index (κ2) is 6.44. The second-order valence-corrected chi connectivity index (χ2v) is 5.16. The summed E-state index contributed by atoms with van der Waals surface area (Å²) in [7, 11) is 1.53. The zero-order valence-electron chi connectivity index (χ0n) is 10.7. The molecule has 5 heteroatoms. The van der Waals surface area contributed by atoms with Gasteiger partial charge in [-0.2, -0.15) is 0 Å². The smallest absolute Gasteiger partial charge is 0.147 e. The lowest BCUT2D eigenvalue weighted by Gasteiger charge is -2.15. The number of rotatable bonds is 4. The van der Waals surface area contributed by atoms with Crippen molar-refractivity contribution in [1.29, 1.82) is 0 Å². The summed E-state index contributed by atoms with van der Waals surface area (Å²) in [6, 6.07) is 9.62. The number of benzene rings is 2. The third-order valence-electron chi connectivity index (χ3n) is 3.00. The number of aliphatic hydroxyl groups is 1. The number of hydrogen-bond acceptors (Lipinski definition) is 2. The highest BCUT2D eigenvalue weighted by atomic mass is 35.5. The van der Waals surface area contributed by atoms with E-state index >= 15 is 0 Å². The molecule has 0 radical (unpaired) electrons. The fourth-order valence-corrected chi connectivity index (χ4v) is 2.38. The van der Waals surface area contributed by atoms with E-state index in [2.05, 4.69) is 0 Å². The number of hydrogen-bond donors (Lipinski definition) is 1. The highest BCUT2D eigenvalue weighted by molar-refractivity contribution is 6.31. The van der Waals surface area contributed by atoms with E-state index in [-0.39, 0.29) is 17.0 Å². The summed E-state index contributed by atoms with van der Waals surface area (Å²) >= 11 is 11.6. The molecule has 20 heavy (non-hydrogen) atoms. The predicted octanol–water partition coefficient (Wildman–Crippen LogP) is 4.42. The first kappa shape index (κ1) is 15.1. The SMILES string of the molecule is COc1ccc(Cl)cc1CC(O)c1cccc(Cl)c1F. The third kappa shape index (κ3) is 3.23. The van der Waals surface area contributed by atoms with E-state index in [1.807, 2.05) is 0 Å². The number of aliphatic hydroxyl groups excluding tert-OH is 1. The molecule has 106 valence electrons. The Kier molecular flexibility index (Phi) is 4.86. The highest BCUT2D eigenvalue weighted by Crippen LogP contribution is 2.30. The maximum atomic E-state index is 13.9. The Morgan fingerprint density at radius 3 is 2.70 bits per heavy atom. The first-order chi connectivity index (χ1) is 9.52. The lowest BCUT2D eigenvalue weighted by atomic mass is 10.0. The van der Waals surface area contributed by atoms with Crippen LogP contribution in [0.25, 0.3) is 0 Å². The normalized spacial score (nSPS) is 12.2. The fraction of sp³-hybridized carbons (Fsp3) is 0.200. The van der Waals surface area contributed by atoms with Gasteiger partial charge in [0.2, 0.25) is 0 Å². The Labute approximate surface area is 126 Å². The minimum atomic E-state index is -1.03. The van der Waals surface area contributed by atoms with E-state index in [0.29, 0.717) is 16.3 Å². The van der Waals surface area contributed by atoms with E-state index in [4.69, 9.17) is 27.9 Å². The van der Waals surface area contributed by atoms with Gasteiger partial charge >= 0.3 is 0 Å². The van der Waals surface area contributed by atoms with E-state index in [1.165, 1.54) is 19.2 Å². The van der Waals surface area contributed by atoms with Crippen LogP contribution >= 0.6 is 23.2 Å². The van der Waals surface area contributed by atoms with Crippen molar-refractivity contribution < 1.29 is 14.2 Å². The quantitative estimate of drug-likeness (QED) is 0.905. The molecular weight excluding hydrogens is 302 g/mol. The Hall–Kier alpha value is -1.29. The first-order valence-electron chi connectivity index (χ1n) is 5.97. The predicted molar refractivity (Wildman–Crippen MR) is 78.1 cm³/mol. The van der Waals surface area contributed by atoms with Gasteiger partial charge in [0.05, 0.1) is 18.2 Å². The van der Waals surface area contributed by atoms with Crippen molar-refractivity contribution in [3.05, 3.63) is 63.4 Å². The maximum absolute atomic E-state index is 13.9. The van der Waals surface area contributed by atoms with Crippen molar-refractivity contribution in [1.82, 2.24) is 0 Å². The third-order valence-corrected chi connectivity index (χ3v) is 3.52. The molecule has 0 amide bonds. The van der Waals surface area contributed by atoms with E-state index in [0.717, 1.165) is 0 Å². The van der Waals surface area contributed by atoms with Crippen LogP contribution in [0.3, 0.4) is 0 Å². The molecule has 1 atom stereocenters. The Bertz CT molecular complexity index is 617. The Balaban J connectivity index is 2.30. The zero-order valence-corrected chi connectivity index (χ0v) is 12.2. The van der Waals surface area contributed by atoms with Gasteiger partial charge in [0, 0.05) is 17.0 Å². The van der Waals surface area contributed by atoms with Crippen LogP contribution in [0.15, 0.2) is 36.4 Å². The van der Waals surface area contributed by atoms with Gasteiger partial charge < -0.3 is 9.84 Å². The van der Waals surface area contributed by atoms with Crippen molar-refractivity contribution in [2.24, 2.45) is 0 Å². The fourth-order valence-electron chi connectivity index (χ4n) is 2.00. The van der Waals surface area contributed by atoms with Crippen LogP contribution in [0.1, 0.15) is 17.2 Å². The molecule has 2 nitrogen and oxygen atoms in total. The average Bonchev–Trinajstić information content (AvgIpc) is 2.42. The van der Waals surface area contributed by atoms with Crippen LogP contribution in [-0.4, -0.2) is 12.2 Å². The van der Waals surface area contributed by atoms with Gasteiger partial charge in [-0.25, -0.2) is 4.39 Å². The molecule has 0 aromatic heterocycles. The van der Waals surface area contributed by atoms with Gasteiger partial charge in [-0.1, -0.05) is 35.3 Å². The van der Waals surface area contributed by atoms with E-state index in [1.54, 1.807) is 24.3 Å². The molecule has 2 rings (SSSR count). The van der Waals surface area contributed by atoms with Crippen molar-refractivity contribution in [2.45, 2.75) is 12.5 Å². The molecular formula is C15H13Cl2FO2. The van der Waals surface area contributed by atoms with Crippen LogP contribution in [0.2, 0.25) is 10.0 Å². The minimum Gasteiger partial charge on any atom is -0.496 e. The summed E-state index contributed by atoms with van der Waals surface area (Å²) < 4.78 is 19.1. The number of ether oxygens (including phenoxy) is 1. The summed E-state index contributed by atoms with van der Waals surface area (Å²) in [6.45, 7) is 0. The van der Waals surface area contributed by atoms with Crippen molar-refractivity contribution in [3.63, 3.8) is 0 Å². The van der Waals surface area contributed by atoms with Gasteiger partial charge in [0.15, 0.2) is 0 Å². The molecule has 0 heterocycles. The zero-order chi connectivity index (χ0) is 14.7. The molecule has 0 saturated heterocycles. The maximum Gasteiger partial charge on any atom is 0.147 e. The second-order valence-electron chi connectivity index (χ2n) is 4.32. The lowest BCUT2D eigenvalue weighted by Crippen LogP contribution is -2.06. The topological polar surface area (TPSA) is 29.5 Å². The highest BCUT2D eigenvalue weighted by Gasteiger charge is 2.17. The van der Waals surface area contributed by atoms with Crippen molar-refractivity contribution in [3.8, 4) is 5.75 Å². The molecule has 0 aliphatic heterocycles. The first-order valence-corrected chi connectivity index (χ1v) is 6.73. The summed E-state index contributed by atoms with van der Waals surface area (Å²) in [5.41, 5.74) is 0.853. The van der Waals surface area contributed by atoms with Crippen LogP contribution in [0, 0.1) is 5.82 Å². The summed E-state index contributed by atoms with van der Waals surface area (Å²) in [6.07, 6.45) is -0.845. The van der Waals surface area contributed by atoms with Crippen LogP contribution in [0.5, 0.6) is 5.75 Å². The molecule has 2 aromatic rings. The Morgan fingerprint density at radius 1 is 1.25 bits per heavy atom. The molecule has 0 spiro atoms. The molecule has 0 aliphatic rings. The summed E-state index contributed by atoms with van der Waals surface area (Å²) in [5, 5.41) is 10.7. The van der Waals surface area contributed by atoms with E-state index in [9.17, 15) is 9.50 Å². The van der Waals surface area contributed by atoms with Gasteiger partial charge in [0.25, 0.3) is 0 Å².